The first-order chi connectivity index (χ1) is 10.1. The molecule has 0 heterocycles. The third-order valence-electron chi connectivity index (χ3n) is 3.12. The molecule has 0 radical (unpaired) electrons. The van der Waals surface area contributed by atoms with E-state index in [0.29, 0.717) is 13.2 Å². The van der Waals surface area contributed by atoms with Gasteiger partial charge in [-0.15, -0.1) is 0 Å². The van der Waals surface area contributed by atoms with Crippen molar-refractivity contribution < 1.29 is 9.53 Å². The average Bonchev–Trinajstić information content (AvgIpc) is 2.52. The molecule has 0 saturated heterocycles. The van der Waals surface area contributed by atoms with Crippen LogP contribution in [0.15, 0.2) is 54.6 Å². The number of para-hydroxylation sites is 1. The van der Waals surface area contributed by atoms with Crippen LogP contribution in [0, 0.1) is 0 Å². The summed E-state index contributed by atoms with van der Waals surface area (Å²) < 4.78 is 5.65. The minimum atomic E-state index is -0.181. The number of carbonyl (C=O) groups excluding carboxylic acids is 1. The van der Waals surface area contributed by atoms with E-state index in [0.717, 1.165) is 16.9 Å². The van der Waals surface area contributed by atoms with Crippen LogP contribution in [0.5, 0.6) is 5.75 Å². The van der Waals surface area contributed by atoms with Crippen LogP contribution in [-0.4, -0.2) is 12.5 Å². The number of nitrogens with two attached hydrogens (primary N) is 1. The maximum absolute atomic E-state index is 10.9. The predicted molar refractivity (Wildman–Crippen MR) is 82.8 cm³/mol. The molecule has 21 heavy (non-hydrogen) atoms. The van der Waals surface area contributed by atoms with E-state index in [4.69, 9.17) is 10.5 Å². The van der Waals surface area contributed by atoms with Crippen molar-refractivity contribution in [3.8, 4) is 5.75 Å². The second-order valence-corrected chi connectivity index (χ2v) is 4.88. The Labute approximate surface area is 124 Å². The van der Waals surface area contributed by atoms with Crippen LogP contribution in [0.1, 0.15) is 24.1 Å². The van der Waals surface area contributed by atoms with Crippen molar-refractivity contribution in [3.05, 3.63) is 65.7 Å². The summed E-state index contributed by atoms with van der Waals surface area (Å²) in [6.07, 6.45) is 0. The molecule has 1 atom stereocenters. The number of ether oxygens (including phenoxy) is 1. The van der Waals surface area contributed by atoms with E-state index in [1.165, 1.54) is 6.92 Å². The lowest BCUT2D eigenvalue weighted by molar-refractivity contribution is -0.119. The highest BCUT2D eigenvalue weighted by Crippen LogP contribution is 2.15. The van der Waals surface area contributed by atoms with Gasteiger partial charge in [0.15, 0.2) is 0 Å². The first-order valence-electron chi connectivity index (χ1n) is 6.92. The fraction of sp³-hybridized carbons (Fsp3) is 0.235. The minimum Gasteiger partial charge on any atom is -0.492 e. The Balaban J connectivity index is 1.87. The lowest BCUT2D eigenvalue weighted by Crippen LogP contribution is -2.20. The van der Waals surface area contributed by atoms with Gasteiger partial charge in [0.1, 0.15) is 12.4 Å². The standard InChI is InChI=1S/C17H20N2O2/c1-13(20)19-11-14-7-9-15(10-8-14)17(18)12-21-16-5-3-2-4-6-16/h2-10,17H,11-12,18H2,1H3,(H,19,20). The van der Waals surface area contributed by atoms with Gasteiger partial charge >= 0.3 is 0 Å². The number of hydrogen-bond donors (Lipinski definition) is 2. The van der Waals surface area contributed by atoms with Crippen molar-refractivity contribution in [2.45, 2.75) is 19.5 Å². The van der Waals surface area contributed by atoms with Gasteiger partial charge in [-0.1, -0.05) is 42.5 Å². The van der Waals surface area contributed by atoms with E-state index in [1.807, 2.05) is 54.6 Å². The zero-order valence-electron chi connectivity index (χ0n) is 12.1. The monoisotopic (exact) mass is 284 g/mol. The van der Waals surface area contributed by atoms with Gasteiger partial charge in [-0.2, -0.15) is 0 Å². The lowest BCUT2D eigenvalue weighted by atomic mass is 10.1. The average molecular weight is 284 g/mol. The molecule has 0 aliphatic rings. The Morgan fingerprint density at radius 2 is 1.81 bits per heavy atom. The molecule has 1 unspecified atom stereocenters. The number of rotatable bonds is 6. The van der Waals surface area contributed by atoms with Crippen molar-refractivity contribution in [3.63, 3.8) is 0 Å². The van der Waals surface area contributed by atoms with E-state index in [9.17, 15) is 4.79 Å². The summed E-state index contributed by atoms with van der Waals surface area (Å²) in [7, 11) is 0. The molecule has 3 N–H and O–H groups in total. The Bertz CT molecular complexity index is 567. The summed E-state index contributed by atoms with van der Waals surface area (Å²) in [5.74, 6) is 0.780. The smallest absolute Gasteiger partial charge is 0.217 e. The molecule has 110 valence electrons. The van der Waals surface area contributed by atoms with Gasteiger partial charge in [0.2, 0.25) is 5.91 Å². The number of amides is 1. The molecule has 0 saturated carbocycles. The van der Waals surface area contributed by atoms with Gasteiger partial charge in [0, 0.05) is 13.5 Å². The van der Waals surface area contributed by atoms with Crippen LogP contribution < -0.4 is 15.8 Å². The largest absolute Gasteiger partial charge is 0.492 e. The van der Waals surface area contributed by atoms with Gasteiger partial charge in [0.25, 0.3) is 0 Å². The quantitative estimate of drug-likeness (QED) is 0.856. The van der Waals surface area contributed by atoms with E-state index < -0.39 is 0 Å². The third-order valence-corrected chi connectivity index (χ3v) is 3.12. The van der Waals surface area contributed by atoms with Crippen LogP contribution in [0.3, 0.4) is 0 Å². The Morgan fingerprint density at radius 3 is 2.43 bits per heavy atom. The number of nitrogens with one attached hydrogen (secondary N) is 1. The Hall–Kier alpha value is -2.33. The molecule has 2 aromatic rings. The molecule has 0 fully saturated rings. The van der Waals surface area contributed by atoms with Gasteiger partial charge in [0.05, 0.1) is 6.04 Å². The first-order valence-corrected chi connectivity index (χ1v) is 6.92. The molecule has 0 bridgehead atoms. The summed E-state index contributed by atoms with van der Waals surface area (Å²) in [5.41, 5.74) is 8.18. The molecule has 1 amide bonds. The van der Waals surface area contributed by atoms with Crippen LogP contribution in [0.25, 0.3) is 0 Å². The number of carbonyl (C=O) groups is 1. The summed E-state index contributed by atoms with van der Waals surface area (Å²) >= 11 is 0. The fourth-order valence-corrected chi connectivity index (χ4v) is 1.91. The highest BCUT2D eigenvalue weighted by Gasteiger charge is 2.07. The summed E-state index contributed by atoms with van der Waals surface area (Å²) in [6.45, 7) is 2.46. The summed E-state index contributed by atoms with van der Waals surface area (Å²) in [5, 5.41) is 2.76. The van der Waals surface area contributed by atoms with E-state index in [-0.39, 0.29) is 11.9 Å². The van der Waals surface area contributed by atoms with Crippen molar-refractivity contribution in [2.75, 3.05) is 6.61 Å². The first kappa shape index (κ1) is 15.1. The van der Waals surface area contributed by atoms with Gasteiger partial charge in [-0.25, -0.2) is 0 Å². The molecular formula is C17H20N2O2. The zero-order chi connectivity index (χ0) is 15.1. The second-order valence-electron chi connectivity index (χ2n) is 4.88. The van der Waals surface area contributed by atoms with Gasteiger partial charge < -0.3 is 15.8 Å². The Kier molecular flexibility index (Phi) is 5.35. The van der Waals surface area contributed by atoms with Crippen LogP contribution in [0.2, 0.25) is 0 Å². The molecule has 0 aliphatic carbocycles. The summed E-state index contributed by atoms with van der Waals surface area (Å²) in [6, 6.07) is 17.3. The molecule has 0 spiro atoms. The Morgan fingerprint density at radius 1 is 1.14 bits per heavy atom. The predicted octanol–water partition coefficient (Wildman–Crippen LogP) is 2.40. The lowest BCUT2D eigenvalue weighted by Gasteiger charge is -2.14. The molecular weight excluding hydrogens is 264 g/mol. The van der Waals surface area contributed by atoms with Crippen LogP contribution in [0.4, 0.5) is 0 Å². The normalized spacial score (nSPS) is 11.7. The number of benzene rings is 2. The maximum Gasteiger partial charge on any atom is 0.217 e. The van der Waals surface area contributed by atoms with Gasteiger partial charge in [-0.05, 0) is 23.3 Å². The molecule has 0 aromatic heterocycles. The van der Waals surface area contributed by atoms with Crippen molar-refractivity contribution >= 4 is 5.91 Å². The van der Waals surface area contributed by atoms with Crippen LogP contribution >= 0.6 is 0 Å². The fourth-order valence-electron chi connectivity index (χ4n) is 1.91. The minimum absolute atomic E-state index is 0.0351. The van der Waals surface area contributed by atoms with Crippen molar-refractivity contribution in [2.24, 2.45) is 5.73 Å². The highest BCUT2D eigenvalue weighted by atomic mass is 16.5. The molecule has 0 aliphatic heterocycles. The molecule has 4 heteroatoms. The highest BCUT2D eigenvalue weighted by molar-refractivity contribution is 5.72. The maximum atomic E-state index is 10.9. The second kappa shape index (κ2) is 7.45. The van der Waals surface area contributed by atoms with Crippen molar-refractivity contribution in [1.82, 2.24) is 5.32 Å². The van der Waals surface area contributed by atoms with Crippen LogP contribution in [-0.2, 0) is 11.3 Å². The SMILES string of the molecule is CC(=O)NCc1ccc(C(N)COc2ccccc2)cc1. The van der Waals surface area contributed by atoms with E-state index >= 15 is 0 Å². The number of hydrogen-bond acceptors (Lipinski definition) is 3. The topological polar surface area (TPSA) is 64.4 Å². The van der Waals surface area contributed by atoms with Gasteiger partial charge in [-0.3, -0.25) is 4.79 Å². The third kappa shape index (κ3) is 4.93. The van der Waals surface area contributed by atoms with E-state index in [1.54, 1.807) is 0 Å². The molecule has 2 rings (SSSR count). The van der Waals surface area contributed by atoms with E-state index in [2.05, 4.69) is 5.32 Å². The van der Waals surface area contributed by atoms with Crippen molar-refractivity contribution in [1.29, 1.82) is 0 Å². The zero-order valence-corrected chi connectivity index (χ0v) is 12.1. The molecule has 2 aromatic carbocycles. The molecule has 4 nitrogen and oxygen atoms in total. The summed E-state index contributed by atoms with van der Waals surface area (Å²) in [4.78, 5) is 10.9.